The van der Waals surface area contributed by atoms with E-state index in [2.05, 4.69) is 25.7 Å². The number of rotatable bonds is 7. The SMILES string of the molecule is CCn1nc(C)cc1C(NC=O)c1cccc(-c2nc3c(nc(NC)c4ncn(C)c43)o2)c1. The molecule has 1 amide bonds. The largest absolute Gasteiger partial charge is 0.418 e. The average molecular weight is 444 g/mol. The van der Waals surface area contributed by atoms with Crippen molar-refractivity contribution in [2.75, 3.05) is 12.4 Å². The third kappa shape index (κ3) is 3.39. The maximum absolute atomic E-state index is 11.4. The van der Waals surface area contributed by atoms with Gasteiger partial charge in [0.25, 0.3) is 5.71 Å². The Morgan fingerprint density at radius 1 is 1.21 bits per heavy atom. The molecule has 5 aromatic rings. The Morgan fingerprint density at radius 2 is 2.06 bits per heavy atom. The minimum Gasteiger partial charge on any atom is -0.418 e. The Kier molecular flexibility index (Phi) is 5.04. The molecule has 0 saturated heterocycles. The fourth-order valence-electron chi connectivity index (χ4n) is 4.20. The van der Waals surface area contributed by atoms with Gasteiger partial charge in [-0.2, -0.15) is 10.1 Å². The number of oxazole rings is 1. The number of aromatic nitrogens is 6. The van der Waals surface area contributed by atoms with Gasteiger partial charge in [-0.05, 0) is 37.6 Å². The Balaban J connectivity index is 1.63. The zero-order valence-corrected chi connectivity index (χ0v) is 18.8. The standard InChI is InChI=1S/C23H24N8O2/c1-5-31-16(9-13(2)29-31)17(26-12-32)14-7-6-8-15(10-14)22-27-19-20-18(25-11-30(20)4)21(24-3)28-23(19)33-22/h6-12,17H,5H2,1-4H3,(H,24,28)(H,26,32). The summed E-state index contributed by atoms with van der Waals surface area (Å²) in [6.07, 6.45) is 2.44. The number of nitrogens with zero attached hydrogens (tertiary/aromatic N) is 6. The lowest BCUT2D eigenvalue weighted by Gasteiger charge is -2.18. The predicted octanol–water partition coefficient (Wildman–Crippen LogP) is 3.18. The van der Waals surface area contributed by atoms with Gasteiger partial charge in [0.05, 0.1) is 23.8 Å². The highest BCUT2D eigenvalue weighted by atomic mass is 16.4. The molecule has 0 spiro atoms. The fraction of sp³-hybridized carbons (Fsp3) is 0.261. The molecule has 168 valence electrons. The molecular weight excluding hydrogens is 420 g/mol. The molecule has 0 aliphatic rings. The highest BCUT2D eigenvalue weighted by Gasteiger charge is 2.22. The fourth-order valence-corrected chi connectivity index (χ4v) is 4.20. The van der Waals surface area contributed by atoms with Gasteiger partial charge in [-0.3, -0.25) is 9.48 Å². The summed E-state index contributed by atoms with van der Waals surface area (Å²) in [5, 5.41) is 10.5. The Morgan fingerprint density at radius 3 is 2.82 bits per heavy atom. The number of fused-ring (bicyclic) bond motifs is 3. The van der Waals surface area contributed by atoms with Crippen LogP contribution >= 0.6 is 0 Å². The van der Waals surface area contributed by atoms with Crippen LogP contribution in [0.1, 0.15) is 29.9 Å². The number of anilines is 1. The Bertz CT molecular complexity index is 1480. The van der Waals surface area contributed by atoms with E-state index in [0.29, 0.717) is 35.9 Å². The van der Waals surface area contributed by atoms with E-state index in [-0.39, 0.29) is 6.04 Å². The van der Waals surface area contributed by atoms with Crippen LogP contribution in [0.4, 0.5) is 5.82 Å². The Hall–Kier alpha value is -4.21. The second-order valence-corrected chi connectivity index (χ2v) is 7.81. The Labute approximate surface area is 189 Å². The van der Waals surface area contributed by atoms with Gasteiger partial charge in [-0.15, -0.1) is 0 Å². The van der Waals surface area contributed by atoms with Gasteiger partial charge in [0.15, 0.2) is 11.3 Å². The monoisotopic (exact) mass is 444 g/mol. The van der Waals surface area contributed by atoms with Crippen molar-refractivity contribution in [1.29, 1.82) is 0 Å². The molecule has 1 atom stereocenters. The molecule has 0 saturated carbocycles. The van der Waals surface area contributed by atoms with E-state index in [1.165, 1.54) is 0 Å². The molecule has 0 aliphatic heterocycles. The first kappa shape index (κ1) is 20.7. The number of aryl methyl sites for hydroxylation is 3. The van der Waals surface area contributed by atoms with E-state index in [0.717, 1.165) is 33.5 Å². The maximum atomic E-state index is 11.4. The lowest BCUT2D eigenvalue weighted by molar-refractivity contribution is -0.110. The van der Waals surface area contributed by atoms with E-state index in [9.17, 15) is 4.79 Å². The van der Waals surface area contributed by atoms with Gasteiger partial charge in [-0.1, -0.05) is 12.1 Å². The summed E-state index contributed by atoms with van der Waals surface area (Å²) in [5.41, 5.74) is 6.14. The molecule has 33 heavy (non-hydrogen) atoms. The number of hydrogen-bond donors (Lipinski definition) is 2. The third-order valence-electron chi connectivity index (χ3n) is 5.68. The summed E-state index contributed by atoms with van der Waals surface area (Å²) >= 11 is 0. The van der Waals surface area contributed by atoms with Crippen LogP contribution in [-0.4, -0.2) is 42.8 Å². The summed E-state index contributed by atoms with van der Waals surface area (Å²) in [7, 11) is 3.71. The second-order valence-electron chi connectivity index (χ2n) is 7.81. The summed E-state index contributed by atoms with van der Waals surface area (Å²) in [6, 6.07) is 9.41. The minimum absolute atomic E-state index is 0.356. The van der Waals surface area contributed by atoms with E-state index >= 15 is 0 Å². The van der Waals surface area contributed by atoms with E-state index < -0.39 is 0 Å². The van der Waals surface area contributed by atoms with Crippen LogP contribution in [0.5, 0.6) is 0 Å². The van der Waals surface area contributed by atoms with Gasteiger partial charge in [-0.25, -0.2) is 9.97 Å². The van der Waals surface area contributed by atoms with Crippen molar-refractivity contribution in [2.45, 2.75) is 26.4 Å². The first-order chi connectivity index (χ1) is 16.0. The highest BCUT2D eigenvalue weighted by molar-refractivity contribution is 6.03. The normalized spacial score (nSPS) is 12.4. The van der Waals surface area contributed by atoms with E-state index in [4.69, 9.17) is 9.40 Å². The van der Waals surface area contributed by atoms with Crippen LogP contribution in [0.25, 0.3) is 33.7 Å². The van der Waals surface area contributed by atoms with Crippen molar-refractivity contribution in [3.8, 4) is 11.5 Å². The van der Waals surface area contributed by atoms with Crippen LogP contribution in [0, 0.1) is 6.92 Å². The molecule has 1 unspecified atom stereocenters. The lowest BCUT2D eigenvalue weighted by atomic mass is 10.0. The van der Waals surface area contributed by atoms with Crippen molar-refractivity contribution in [2.24, 2.45) is 7.05 Å². The van der Waals surface area contributed by atoms with Gasteiger partial charge >= 0.3 is 0 Å². The lowest BCUT2D eigenvalue weighted by Crippen LogP contribution is -2.23. The summed E-state index contributed by atoms with van der Waals surface area (Å²) < 4.78 is 9.87. The third-order valence-corrected chi connectivity index (χ3v) is 5.68. The number of hydrogen-bond acceptors (Lipinski definition) is 7. The van der Waals surface area contributed by atoms with Crippen molar-refractivity contribution in [3.05, 3.63) is 53.6 Å². The second kappa shape index (κ2) is 8.05. The molecule has 0 fully saturated rings. The smallest absolute Gasteiger partial charge is 0.251 e. The number of carbonyl (C=O) groups excluding carboxylic acids is 1. The van der Waals surface area contributed by atoms with Gasteiger partial charge in [0, 0.05) is 26.2 Å². The van der Waals surface area contributed by atoms with Gasteiger partial charge in [0.1, 0.15) is 11.0 Å². The maximum Gasteiger partial charge on any atom is 0.251 e. The van der Waals surface area contributed by atoms with E-state index in [1.807, 2.05) is 60.5 Å². The minimum atomic E-state index is -0.356. The predicted molar refractivity (Wildman–Crippen MR) is 125 cm³/mol. The molecule has 4 heterocycles. The highest BCUT2D eigenvalue weighted by Crippen LogP contribution is 2.32. The van der Waals surface area contributed by atoms with Crippen LogP contribution in [-0.2, 0) is 18.4 Å². The van der Waals surface area contributed by atoms with Gasteiger partial charge in [0.2, 0.25) is 12.3 Å². The first-order valence-corrected chi connectivity index (χ1v) is 10.7. The van der Waals surface area contributed by atoms with Crippen LogP contribution in [0.3, 0.4) is 0 Å². The topological polar surface area (TPSA) is 116 Å². The quantitative estimate of drug-likeness (QED) is 0.370. The molecule has 0 bridgehead atoms. The average Bonchev–Trinajstić information content (AvgIpc) is 3.53. The summed E-state index contributed by atoms with van der Waals surface area (Å²) in [6.45, 7) is 4.66. The van der Waals surface area contributed by atoms with Gasteiger partial charge < -0.3 is 19.6 Å². The van der Waals surface area contributed by atoms with Crippen molar-refractivity contribution < 1.29 is 9.21 Å². The molecule has 0 aliphatic carbocycles. The molecule has 2 N–H and O–H groups in total. The number of carbonyl (C=O) groups is 1. The van der Waals surface area contributed by atoms with Crippen LogP contribution in [0.2, 0.25) is 0 Å². The molecule has 5 rings (SSSR count). The number of nitrogens with one attached hydrogen (secondary N) is 2. The molecule has 10 heteroatoms. The molecule has 4 aromatic heterocycles. The molecule has 10 nitrogen and oxygen atoms in total. The summed E-state index contributed by atoms with van der Waals surface area (Å²) in [4.78, 5) is 25.2. The number of amides is 1. The van der Waals surface area contributed by atoms with Crippen LogP contribution < -0.4 is 10.6 Å². The molecule has 1 aromatic carbocycles. The first-order valence-electron chi connectivity index (χ1n) is 10.7. The summed E-state index contributed by atoms with van der Waals surface area (Å²) in [5.74, 6) is 1.08. The van der Waals surface area contributed by atoms with Crippen LogP contribution in [0.15, 0.2) is 41.1 Å². The molecule has 0 radical (unpaired) electrons. The van der Waals surface area contributed by atoms with Crippen molar-refractivity contribution in [3.63, 3.8) is 0 Å². The number of imidazole rings is 1. The number of pyridine rings is 1. The molecular formula is C23H24N8O2. The van der Waals surface area contributed by atoms with E-state index in [1.54, 1.807) is 13.4 Å². The van der Waals surface area contributed by atoms with Crippen molar-refractivity contribution in [1.82, 2.24) is 34.6 Å². The van der Waals surface area contributed by atoms with Crippen molar-refractivity contribution >= 4 is 34.5 Å². The number of benzene rings is 1. The zero-order valence-electron chi connectivity index (χ0n) is 18.8. The zero-order chi connectivity index (χ0) is 23.1.